The van der Waals surface area contributed by atoms with Crippen molar-refractivity contribution in [1.29, 1.82) is 0 Å². The molecule has 0 fully saturated rings. The zero-order valence-corrected chi connectivity index (χ0v) is 11.6. The minimum Gasteiger partial charge on any atom is -0.496 e. The first kappa shape index (κ1) is 13.4. The Labute approximate surface area is 112 Å². The third-order valence-electron chi connectivity index (χ3n) is 3.51. The summed E-state index contributed by atoms with van der Waals surface area (Å²) in [6.45, 7) is 3.98. The van der Waals surface area contributed by atoms with Gasteiger partial charge in [-0.05, 0) is 25.0 Å². The van der Waals surface area contributed by atoms with Gasteiger partial charge in [-0.25, -0.2) is 0 Å². The predicted molar refractivity (Wildman–Crippen MR) is 74.2 cm³/mol. The van der Waals surface area contributed by atoms with E-state index in [-0.39, 0.29) is 0 Å². The highest BCUT2D eigenvalue weighted by atomic mass is 16.5. The van der Waals surface area contributed by atoms with Crippen molar-refractivity contribution in [2.75, 3.05) is 12.8 Å². The van der Waals surface area contributed by atoms with E-state index in [0.717, 1.165) is 11.1 Å². The Hall–Kier alpha value is -2.01. The summed E-state index contributed by atoms with van der Waals surface area (Å²) in [5.74, 6) is 1.14. The summed E-state index contributed by atoms with van der Waals surface area (Å²) in [4.78, 5) is 0. The topological polar surface area (TPSA) is 73.3 Å². The lowest BCUT2D eigenvalue weighted by atomic mass is 9.97. The largest absolute Gasteiger partial charge is 0.496 e. The number of nitrogen functional groups attached to an aromatic ring is 1. The highest BCUT2D eigenvalue weighted by Crippen LogP contribution is 2.35. The number of rotatable bonds is 3. The molecule has 0 aliphatic rings. The van der Waals surface area contributed by atoms with E-state index in [1.54, 1.807) is 20.4 Å². The summed E-state index contributed by atoms with van der Waals surface area (Å²) >= 11 is 0. The van der Waals surface area contributed by atoms with Gasteiger partial charge < -0.3 is 15.6 Å². The van der Waals surface area contributed by atoms with Gasteiger partial charge in [-0.1, -0.05) is 12.1 Å². The van der Waals surface area contributed by atoms with E-state index in [1.165, 1.54) is 4.68 Å². The van der Waals surface area contributed by atoms with Gasteiger partial charge in [-0.15, -0.1) is 0 Å². The molecule has 3 N–H and O–H groups in total. The van der Waals surface area contributed by atoms with Crippen molar-refractivity contribution >= 4 is 5.82 Å². The standard InChI is InChI=1S/C14H19N3O2/c1-8-5-6-10(13(19-4)9(8)2)12(18)11-7-16-17(3)14(11)15/h5-7,12,18H,15H2,1-4H3. The van der Waals surface area contributed by atoms with Gasteiger partial charge in [0.15, 0.2) is 0 Å². The second-order valence-electron chi connectivity index (χ2n) is 4.64. The molecule has 1 atom stereocenters. The molecule has 0 aliphatic heterocycles. The van der Waals surface area contributed by atoms with E-state index in [9.17, 15) is 5.11 Å². The highest BCUT2D eigenvalue weighted by Gasteiger charge is 2.21. The zero-order chi connectivity index (χ0) is 14.2. The fraction of sp³-hybridized carbons (Fsp3) is 0.357. The lowest BCUT2D eigenvalue weighted by Gasteiger charge is -2.17. The average molecular weight is 261 g/mol. The number of aliphatic hydroxyl groups is 1. The number of nitrogens with two attached hydrogens (primary N) is 1. The molecule has 0 saturated heterocycles. The van der Waals surface area contributed by atoms with Crippen molar-refractivity contribution in [1.82, 2.24) is 9.78 Å². The van der Waals surface area contributed by atoms with Crippen molar-refractivity contribution in [3.8, 4) is 5.75 Å². The molecule has 0 aliphatic carbocycles. The third kappa shape index (κ3) is 2.17. The molecule has 0 bridgehead atoms. The lowest BCUT2D eigenvalue weighted by Crippen LogP contribution is -2.07. The number of hydrogen-bond donors (Lipinski definition) is 2. The predicted octanol–water partition coefficient (Wildman–Crippen LogP) is 1.71. The molecule has 102 valence electrons. The van der Waals surface area contributed by atoms with Crippen molar-refractivity contribution in [3.63, 3.8) is 0 Å². The molecule has 1 unspecified atom stereocenters. The van der Waals surface area contributed by atoms with Crippen molar-refractivity contribution < 1.29 is 9.84 Å². The normalized spacial score (nSPS) is 12.5. The number of aliphatic hydroxyl groups excluding tert-OH is 1. The van der Waals surface area contributed by atoms with Gasteiger partial charge in [-0.2, -0.15) is 5.10 Å². The van der Waals surface area contributed by atoms with Crippen LogP contribution in [0.2, 0.25) is 0 Å². The van der Waals surface area contributed by atoms with Crippen LogP contribution in [0.5, 0.6) is 5.75 Å². The van der Waals surface area contributed by atoms with E-state index in [1.807, 2.05) is 26.0 Å². The summed E-state index contributed by atoms with van der Waals surface area (Å²) in [5, 5.41) is 14.5. The van der Waals surface area contributed by atoms with Crippen LogP contribution in [0.1, 0.15) is 28.4 Å². The van der Waals surface area contributed by atoms with Crippen LogP contribution >= 0.6 is 0 Å². The summed E-state index contributed by atoms with van der Waals surface area (Å²) in [7, 11) is 3.34. The summed E-state index contributed by atoms with van der Waals surface area (Å²) < 4.78 is 6.95. The maximum atomic E-state index is 10.5. The molecule has 0 saturated carbocycles. The van der Waals surface area contributed by atoms with Crippen LogP contribution in [0.4, 0.5) is 5.82 Å². The second-order valence-corrected chi connectivity index (χ2v) is 4.64. The van der Waals surface area contributed by atoms with E-state index >= 15 is 0 Å². The Morgan fingerprint density at radius 3 is 2.53 bits per heavy atom. The van der Waals surface area contributed by atoms with Crippen LogP contribution in [-0.2, 0) is 7.05 Å². The first-order valence-electron chi connectivity index (χ1n) is 6.06. The van der Waals surface area contributed by atoms with Crippen LogP contribution in [0.15, 0.2) is 18.3 Å². The van der Waals surface area contributed by atoms with Crippen LogP contribution < -0.4 is 10.5 Å². The van der Waals surface area contributed by atoms with Gasteiger partial charge in [-0.3, -0.25) is 4.68 Å². The Bertz CT molecular complexity index is 605. The fourth-order valence-corrected chi connectivity index (χ4v) is 2.14. The maximum Gasteiger partial charge on any atom is 0.128 e. The first-order chi connectivity index (χ1) is 8.97. The van der Waals surface area contributed by atoms with Crippen molar-refractivity contribution in [2.24, 2.45) is 7.05 Å². The average Bonchev–Trinajstić information content (AvgIpc) is 2.72. The molecule has 0 amide bonds. The lowest BCUT2D eigenvalue weighted by molar-refractivity contribution is 0.215. The molecule has 1 aromatic heterocycles. The maximum absolute atomic E-state index is 10.5. The fourth-order valence-electron chi connectivity index (χ4n) is 2.14. The zero-order valence-electron chi connectivity index (χ0n) is 11.6. The van der Waals surface area contributed by atoms with E-state index < -0.39 is 6.10 Å². The number of methoxy groups -OCH3 is 1. The van der Waals surface area contributed by atoms with Crippen molar-refractivity contribution in [3.05, 3.63) is 40.6 Å². The van der Waals surface area contributed by atoms with Gasteiger partial charge in [0, 0.05) is 18.2 Å². The van der Waals surface area contributed by atoms with E-state index in [0.29, 0.717) is 22.7 Å². The number of benzene rings is 1. The van der Waals surface area contributed by atoms with Gasteiger partial charge in [0.25, 0.3) is 0 Å². The molecule has 19 heavy (non-hydrogen) atoms. The Balaban J connectivity index is 2.53. The SMILES string of the molecule is COc1c(C(O)c2cnn(C)c2N)ccc(C)c1C. The Kier molecular flexibility index (Phi) is 3.48. The molecule has 5 heteroatoms. The van der Waals surface area contributed by atoms with Gasteiger partial charge >= 0.3 is 0 Å². The van der Waals surface area contributed by atoms with Crippen LogP contribution in [0.25, 0.3) is 0 Å². The number of hydrogen-bond acceptors (Lipinski definition) is 4. The first-order valence-corrected chi connectivity index (χ1v) is 6.06. The highest BCUT2D eigenvalue weighted by molar-refractivity contribution is 5.52. The number of ether oxygens (including phenoxy) is 1. The molecule has 2 rings (SSSR count). The molecule has 0 radical (unpaired) electrons. The summed E-state index contributed by atoms with van der Waals surface area (Å²) in [6.07, 6.45) is 0.734. The van der Waals surface area contributed by atoms with Gasteiger partial charge in [0.2, 0.25) is 0 Å². The molecular weight excluding hydrogens is 242 g/mol. The minimum atomic E-state index is -0.844. The number of aryl methyl sites for hydroxylation is 2. The Morgan fingerprint density at radius 2 is 2.00 bits per heavy atom. The number of aromatic nitrogens is 2. The third-order valence-corrected chi connectivity index (χ3v) is 3.51. The molecule has 1 aromatic carbocycles. The van der Waals surface area contributed by atoms with E-state index in [4.69, 9.17) is 10.5 Å². The molecule has 1 heterocycles. The second kappa shape index (κ2) is 4.93. The van der Waals surface area contributed by atoms with Crippen molar-refractivity contribution in [2.45, 2.75) is 20.0 Å². The van der Waals surface area contributed by atoms with E-state index in [2.05, 4.69) is 5.10 Å². The number of anilines is 1. The van der Waals surface area contributed by atoms with Crippen LogP contribution in [-0.4, -0.2) is 22.0 Å². The number of nitrogens with zero attached hydrogens (tertiary/aromatic N) is 2. The molecule has 0 spiro atoms. The molecular formula is C14H19N3O2. The quantitative estimate of drug-likeness (QED) is 0.882. The van der Waals surface area contributed by atoms with Gasteiger partial charge in [0.1, 0.15) is 17.7 Å². The monoisotopic (exact) mass is 261 g/mol. The smallest absolute Gasteiger partial charge is 0.128 e. The van der Waals surface area contributed by atoms with Gasteiger partial charge in [0.05, 0.1) is 13.3 Å². The van der Waals surface area contributed by atoms with Crippen LogP contribution in [0.3, 0.4) is 0 Å². The molecule has 5 nitrogen and oxygen atoms in total. The Morgan fingerprint density at radius 1 is 1.32 bits per heavy atom. The summed E-state index contributed by atoms with van der Waals surface area (Å²) in [6, 6.07) is 3.82. The summed E-state index contributed by atoms with van der Waals surface area (Å²) in [5.41, 5.74) is 9.32. The minimum absolute atomic E-state index is 0.452. The van der Waals surface area contributed by atoms with Crippen LogP contribution in [0, 0.1) is 13.8 Å². The molecule has 2 aromatic rings.